The van der Waals surface area contributed by atoms with Gasteiger partial charge in [0.15, 0.2) is 5.82 Å². The van der Waals surface area contributed by atoms with Crippen molar-refractivity contribution in [1.82, 2.24) is 9.78 Å². The molecule has 106 valence electrons. The Morgan fingerprint density at radius 1 is 1.35 bits per heavy atom. The summed E-state index contributed by atoms with van der Waals surface area (Å²) >= 11 is 5.97. The molecule has 0 N–H and O–H groups in total. The summed E-state index contributed by atoms with van der Waals surface area (Å²) in [4.78, 5) is 0. The molecule has 0 unspecified atom stereocenters. The van der Waals surface area contributed by atoms with Gasteiger partial charge in [-0.2, -0.15) is 5.10 Å². The van der Waals surface area contributed by atoms with E-state index in [-0.39, 0.29) is 5.02 Å². The molecular weight excluding hydrogens is 279 g/mol. The number of hydrogen-bond acceptors (Lipinski definition) is 2. The third-order valence-electron chi connectivity index (χ3n) is 3.53. The summed E-state index contributed by atoms with van der Waals surface area (Å²) in [7, 11) is 0. The van der Waals surface area contributed by atoms with Crippen molar-refractivity contribution in [2.24, 2.45) is 0 Å². The largest absolute Gasteiger partial charge is 0.492 e. The fourth-order valence-electron chi connectivity index (χ4n) is 2.56. The van der Waals surface area contributed by atoms with Crippen LogP contribution in [0.25, 0.3) is 5.69 Å². The molecular formula is C15H16ClFN2O. The SMILES string of the molecule is CCOc1cc(-n2cc3c(n2)CCCC3)c(F)cc1Cl. The molecule has 0 atom stereocenters. The first-order valence-electron chi connectivity index (χ1n) is 6.88. The van der Waals surface area contributed by atoms with Crippen molar-refractivity contribution < 1.29 is 9.13 Å². The smallest absolute Gasteiger partial charge is 0.150 e. The minimum Gasteiger partial charge on any atom is -0.492 e. The Balaban J connectivity index is 2.04. The van der Waals surface area contributed by atoms with Gasteiger partial charge in [-0.05, 0) is 44.2 Å². The van der Waals surface area contributed by atoms with E-state index in [0.717, 1.165) is 25.0 Å². The highest BCUT2D eigenvalue weighted by Gasteiger charge is 2.17. The van der Waals surface area contributed by atoms with E-state index >= 15 is 0 Å². The lowest BCUT2D eigenvalue weighted by Gasteiger charge is -2.09. The molecule has 1 aromatic heterocycles. The Hall–Kier alpha value is -1.55. The predicted octanol–water partition coefficient (Wildman–Crippen LogP) is 3.94. The molecule has 1 heterocycles. The van der Waals surface area contributed by atoms with Gasteiger partial charge in [0.25, 0.3) is 0 Å². The molecule has 20 heavy (non-hydrogen) atoms. The summed E-state index contributed by atoms with van der Waals surface area (Å²) in [5.41, 5.74) is 2.67. The number of halogens is 2. The van der Waals surface area contributed by atoms with E-state index in [4.69, 9.17) is 16.3 Å². The lowest BCUT2D eigenvalue weighted by molar-refractivity contribution is 0.339. The van der Waals surface area contributed by atoms with Gasteiger partial charge in [-0.15, -0.1) is 0 Å². The fraction of sp³-hybridized carbons (Fsp3) is 0.400. The lowest BCUT2D eigenvalue weighted by atomic mass is 9.99. The van der Waals surface area contributed by atoms with Crippen molar-refractivity contribution in [1.29, 1.82) is 0 Å². The van der Waals surface area contributed by atoms with E-state index in [1.165, 1.54) is 18.1 Å². The monoisotopic (exact) mass is 294 g/mol. The number of aryl methyl sites for hydroxylation is 2. The Labute approximate surface area is 122 Å². The van der Waals surface area contributed by atoms with Crippen LogP contribution in [-0.4, -0.2) is 16.4 Å². The van der Waals surface area contributed by atoms with Crippen LogP contribution in [0.4, 0.5) is 4.39 Å². The van der Waals surface area contributed by atoms with Crippen LogP contribution in [0.15, 0.2) is 18.3 Å². The van der Waals surface area contributed by atoms with E-state index in [1.54, 1.807) is 10.7 Å². The molecule has 0 spiro atoms. The maximum atomic E-state index is 14.1. The zero-order valence-corrected chi connectivity index (χ0v) is 12.1. The van der Waals surface area contributed by atoms with Gasteiger partial charge >= 0.3 is 0 Å². The van der Waals surface area contributed by atoms with Crippen LogP contribution in [0.2, 0.25) is 5.02 Å². The van der Waals surface area contributed by atoms with Crippen molar-refractivity contribution in [3.8, 4) is 11.4 Å². The van der Waals surface area contributed by atoms with Gasteiger partial charge in [0.2, 0.25) is 0 Å². The standard InChI is InChI=1S/C15H16ClFN2O/c1-2-20-15-8-14(12(17)7-11(15)16)19-9-10-5-3-4-6-13(10)18-19/h7-9H,2-6H2,1H3. The highest BCUT2D eigenvalue weighted by Crippen LogP contribution is 2.30. The number of benzene rings is 1. The normalized spacial score (nSPS) is 14.2. The summed E-state index contributed by atoms with van der Waals surface area (Å²) in [6.45, 7) is 2.35. The van der Waals surface area contributed by atoms with Crippen molar-refractivity contribution in [2.75, 3.05) is 6.61 Å². The number of hydrogen-bond donors (Lipinski definition) is 0. The molecule has 2 aromatic rings. The number of nitrogens with zero attached hydrogens (tertiary/aromatic N) is 2. The highest BCUT2D eigenvalue weighted by atomic mass is 35.5. The molecule has 0 saturated carbocycles. The van der Waals surface area contributed by atoms with Crippen molar-refractivity contribution >= 4 is 11.6 Å². The molecule has 1 aliphatic carbocycles. The van der Waals surface area contributed by atoms with Crippen LogP contribution >= 0.6 is 11.6 Å². The van der Waals surface area contributed by atoms with Gasteiger partial charge in [0.1, 0.15) is 11.4 Å². The molecule has 0 amide bonds. The van der Waals surface area contributed by atoms with Gasteiger partial charge < -0.3 is 4.74 Å². The van der Waals surface area contributed by atoms with E-state index in [2.05, 4.69) is 5.10 Å². The third kappa shape index (κ3) is 2.40. The van der Waals surface area contributed by atoms with Crippen molar-refractivity contribution in [3.63, 3.8) is 0 Å². The van der Waals surface area contributed by atoms with Gasteiger partial charge in [0, 0.05) is 12.3 Å². The van der Waals surface area contributed by atoms with Crippen molar-refractivity contribution in [2.45, 2.75) is 32.6 Å². The van der Waals surface area contributed by atoms with Crippen LogP contribution < -0.4 is 4.74 Å². The van der Waals surface area contributed by atoms with E-state index in [1.807, 2.05) is 13.1 Å². The quantitative estimate of drug-likeness (QED) is 0.857. The first kappa shape index (κ1) is 13.4. The summed E-state index contributed by atoms with van der Waals surface area (Å²) in [5, 5.41) is 4.77. The topological polar surface area (TPSA) is 27.1 Å². The minimum absolute atomic E-state index is 0.282. The molecule has 0 saturated heterocycles. The van der Waals surface area contributed by atoms with E-state index < -0.39 is 5.82 Å². The second-order valence-corrected chi connectivity index (χ2v) is 5.33. The van der Waals surface area contributed by atoms with Crippen LogP contribution in [0.1, 0.15) is 31.0 Å². The van der Waals surface area contributed by atoms with E-state index in [9.17, 15) is 4.39 Å². The maximum absolute atomic E-state index is 14.1. The summed E-state index contributed by atoms with van der Waals surface area (Å²) in [6.07, 6.45) is 6.22. The summed E-state index contributed by atoms with van der Waals surface area (Å²) in [6, 6.07) is 2.89. The number of ether oxygens (including phenoxy) is 1. The van der Waals surface area contributed by atoms with E-state index in [0.29, 0.717) is 18.0 Å². The zero-order chi connectivity index (χ0) is 14.1. The first-order chi connectivity index (χ1) is 9.69. The molecule has 0 fully saturated rings. The second kappa shape index (κ2) is 5.44. The third-order valence-corrected chi connectivity index (χ3v) is 3.83. The Morgan fingerprint density at radius 2 is 2.15 bits per heavy atom. The maximum Gasteiger partial charge on any atom is 0.150 e. The average Bonchev–Trinajstić information content (AvgIpc) is 2.85. The predicted molar refractivity (Wildman–Crippen MR) is 76.3 cm³/mol. The summed E-state index contributed by atoms with van der Waals surface area (Å²) < 4.78 is 21.1. The van der Waals surface area contributed by atoms with Crippen molar-refractivity contribution in [3.05, 3.63) is 40.4 Å². The van der Waals surface area contributed by atoms with Crippen LogP contribution in [-0.2, 0) is 12.8 Å². The Morgan fingerprint density at radius 3 is 2.90 bits per heavy atom. The number of rotatable bonds is 3. The second-order valence-electron chi connectivity index (χ2n) is 4.92. The van der Waals surface area contributed by atoms with Gasteiger partial charge in [0.05, 0.1) is 17.3 Å². The molecule has 3 nitrogen and oxygen atoms in total. The summed E-state index contributed by atoms with van der Waals surface area (Å²) in [5.74, 6) is 0.0948. The lowest BCUT2D eigenvalue weighted by Crippen LogP contribution is -2.02. The molecule has 5 heteroatoms. The number of aromatic nitrogens is 2. The molecule has 0 bridgehead atoms. The Bertz CT molecular complexity index is 616. The van der Waals surface area contributed by atoms with Gasteiger partial charge in [-0.3, -0.25) is 0 Å². The van der Waals surface area contributed by atoms with Crippen LogP contribution in [0.5, 0.6) is 5.75 Å². The molecule has 3 rings (SSSR count). The number of fused-ring (bicyclic) bond motifs is 1. The van der Waals surface area contributed by atoms with Crippen LogP contribution in [0.3, 0.4) is 0 Å². The molecule has 1 aromatic carbocycles. The molecule has 1 aliphatic rings. The minimum atomic E-state index is -0.390. The van der Waals surface area contributed by atoms with Gasteiger partial charge in [-0.1, -0.05) is 11.6 Å². The fourth-order valence-corrected chi connectivity index (χ4v) is 2.76. The first-order valence-corrected chi connectivity index (χ1v) is 7.26. The molecule has 0 aliphatic heterocycles. The van der Waals surface area contributed by atoms with Crippen LogP contribution in [0, 0.1) is 5.82 Å². The Kier molecular flexibility index (Phi) is 3.66. The van der Waals surface area contributed by atoms with Gasteiger partial charge in [-0.25, -0.2) is 9.07 Å². The molecule has 0 radical (unpaired) electrons. The average molecular weight is 295 g/mol. The highest BCUT2D eigenvalue weighted by molar-refractivity contribution is 6.32. The zero-order valence-electron chi connectivity index (χ0n) is 11.3.